The second-order valence-electron chi connectivity index (χ2n) is 3.61. The lowest BCUT2D eigenvalue weighted by atomic mass is 10.3. The Morgan fingerprint density at radius 3 is 2.59 bits per heavy atom. The Morgan fingerprint density at radius 1 is 0.941 bits per heavy atom. The number of aromatic amines is 1. The van der Waals surface area contributed by atoms with Gasteiger partial charge in [-0.05, 0) is 30.3 Å². The number of rotatable bonds is 3. The highest BCUT2D eigenvalue weighted by Gasteiger charge is 2.09. The molecule has 2 aromatic heterocycles. The van der Waals surface area contributed by atoms with Crippen molar-refractivity contribution in [1.29, 1.82) is 0 Å². The quantitative estimate of drug-likeness (QED) is 0.735. The van der Waals surface area contributed by atoms with Crippen LogP contribution in [-0.4, -0.2) is 4.98 Å². The standard InChI is InChI=1S/C14H11NOS/c1-2-5-11(6-3-1)17-14-12(8-9-15-14)13-7-4-10-16-13/h1-10,15H. The summed E-state index contributed by atoms with van der Waals surface area (Å²) < 4.78 is 5.42. The van der Waals surface area contributed by atoms with E-state index in [9.17, 15) is 0 Å². The molecule has 0 aliphatic heterocycles. The van der Waals surface area contributed by atoms with Gasteiger partial charge in [-0.1, -0.05) is 30.0 Å². The topological polar surface area (TPSA) is 28.9 Å². The van der Waals surface area contributed by atoms with Gasteiger partial charge in [-0.2, -0.15) is 0 Å². The molecule has 3 rings (SSSR count). The van der Waals surface area contributed by atoms with Crippen molar-refractivity contribution in [2.45, 2.75) is 9.92 Å². The summed E-state index contributed by atoms with van der Waals surface area (Å²) in [4.78, 5) is 4.46. The molecule has 0 saturated heterocycles. The summed E-state index contributed by atoms with van der Waals surface area (Å²) in [5.74, 6) is 0.893. The van der Waals surface area contributed by atoms with Crippen molar-refractivity contribution in [2.24, 2.45) is 0 Å². The van der Waals surface area contributed by atoms with Crippen LogP contribution >= 0.6 is 11.8 Å². The average molecular weight is 241 g/mol. The van der Waals surface area contributed by atoms with Gasteiger partial charge in [0.15, 0.2) is 0 Å². The Labute approximate surface area is 104 Å². The van der Waals surface area contributed by atoms with E-state index < -0.39 is 0 Å². The average Bonchev–Trinajstić information content (AvgIpc) is 3.00. The normalized spacial score (nSPS) is 10.6. The van der Waals surface area contributed by atoms with Crippen LogP contribution in [0.2, 0.25) is 0 Å². The smallest absolute Gasteiger partial charge is 0.136 e. The third-order valence-electron chi connectivity index (χ3n) is 2.46. The number of H-pyrrole nitrogens is 1. The monoisotopic (exact) mass is 241 g/mol. The predicted octanol–water partition coefficient (Wildman–Crippen LogP) is 4.43. The first-order chi connectivity index (χ1) is 8.43. The van der Waals surface area contributed by atoms with Crippen LogP contribution in [0.15, 0.2) is 75.3 Å². The fraction of sp³-hybridized carbons (Fsp3) is 0. The van der Waals surface area contributed by atoms with Gasteiger partial charge in [0.25, 0.3) is 0 Å². The summed E-state index contributed by atoms with van der Waals surface area (Å²) in [7, 11) is 0. The maximum absolute atomic E-state index is 5.42. The minimum absolute atomic E-state index is 0.893. The number of hydrogen-bond donors (Lipinski definition) is 1. The Bertz CT molecular complexity index is 584. The molecule has 0 saturated carbocycles. The SMILES string of the molecule is c1ccc(Sc2[nH]ccc2-c2ccco2)cc1. The van der Waals surface area contributed by atoms with Crippen molar-refractivity contribution in [1.82, 2.24) is 4.98 Å². The summed E-state index contributed by atoms with van der Waals surface area (Å²) in [6.07, 6.45) is 3.63. The van der Waals surface area contributed by atoms with E-state index in [1.54, 1.807) is 18.0 Å². The molecule has 0 atom stereocenters. The number of hydrogen-bond acceptors (Lipinski definition) is 2. The number of nitrogens with one attached hydrogen (secondary N) is 1. The lowest BCUT2D eigenvalue weighted by Gasteiger charge is -2.01. The Morgan fingerprint density at radius 2 is 1.82 bits per heavy atom. The second-order valence-corrected chi connectivity index (χ2v) is 4.70. The van der Waals surface area contributed by atoms with E-state index in [0.29, 0.717) is 0 Å². The molecule has 0 radical (unpaired) electrons. The van der Waals surface area contributed by atoms with Crippen LogP contribution in [-0.2, 0) is 0 Å². The predicted molar refractivity (Wildman–Crippen MR) is 69.1 cm³/mol. The molecule has 1 aromatic carbocycles. The second kappa shape index (κ2) is 4.55. The van der Waals surface area contributed by atoms with Crippen LogP contribution < -0.4 is 0 Å². The van der Waals surface area contributed by atoms with E-state index in [1.165, 1.54) is 4.90 Å². The van der Waals surface area contributed by atoms with Crippen LogP contribution in [0.4, 0.5) is 0 Å². The zero-order valence-corrected chi connectivity index (χ0v) is 9.91. The van der Waals surface area contributed by atoms with Gasteiger partial charge in [0.05, 0.1) is 11.3 Å². The summed E-state index contributed by atoms with van der Waals surface area (Å²) in [5.41, 5.74) is 1.10. The summed E-state index contributed by atoms with van der Waals surface area (Å²) in [6, 6.07) is 16.2. The van der Waals surface area contributed by atoms with Gasteiger partial charge < -0.3 is 9.40 Å². The highest BCUT2D eigenvalue weighted by Crippen LogP contribution is 2.34. The molecular formula is C14H11NOS. The fourth-order valence-corrected chi connectivity index (χ4v) is 2.61. The van der Waals surface area contributed by atoms with Gasteiger partial charge in [0.2, 0.25) is 0 Å². The van der Waals surface area contributed by atoms with Crippen molar-refractivity contribution < 1.29 is 4.42 Å². The third-order valence-corrected chi connectivity index (χ3v) is 3.51. The highest BCUT2D eigenvalue weighted by molar-refractivity contribution is 7.99. The van der Waals surface area contributed by atoms with E-state index in [1.807, 2.05) is 42.6 Å². The first kappa shape index (κ1) is 10.3. The van der Waals surface area contributed by atoms with Gasteiger partial charge in [0, 0.05) is 16.7 Å². The zero-order valence-electron chi connectivity index (χ0n) is 9.09. The van der Waals surface area contributed by atoms with Gasteiger partial charge in [-0.3, -0.25) is 0 Å². The molecule has 0 aliphatic rings. The minimum Gasteiger partial charge on any atom is -0.464 e. The van der Waals surface area contributed by atoms with Crippen molar-refractivity contribution >= 4 is 11.8 Å². The Balaban J connectivity index is 1.92. The molecule has 3 heteroatoms. The van der Waals surface area contributed by atoms with Crippen molar-refractivity contribution in [2.75, 3.05) is 0 Å². The molecule has 0 bridgehead atoms. The van der Waals surface area contributed by atoms with Crippen molar-refractivity contribution in [3.05, 3.63) is 61.0 Å². The minimum atomic E-state index is 0.893. The van der Waals surface area contributed by atoms with E-state index in [2.05, 4.69) is 17.1 Å². The molecule has 0 unspecified atom stereocenters. The number of aromatic nitrogens is 1. The largest absolute Gasteiger partial charge is 0.464 e. The molecule has 0 fully saturated rings. The van der Waals surface area contributed by atoms with Crippen molar-refractivity contribution in [3.8, 4) is 11.3 Å². The van der Waals surface area contributed by atoms with Crippen LogP contribution in [0.5, 0.6) is 0 Å². The summed E-state index contributed by atoms with van der Waals surface area (Å²) in [6.45, 7) is 0. The summed E-state index contributed by atoms with van der Waals surface area (Å²) >= 11 is 1.70. The van der Waals surface area contributed by atoms with E-state index in [0.717, 1.165) is 16.3 Å². The molecule has 0 amide bonds. The molecule has 1 N–H and O–H groups in total. The van der Waals surface area contributed by atoms with Gasteiger partial charge >= 0.3 is 0 Å². The van der Waals surface area contributed by atoms with Crippen molar-refractivity contribution in [3.63, 3.8) is 0 Å². The molecule has 3 aromatic rings. The van der Waals surface area contributed by atoms with Crippen LogP contribution in [0.25, 0.3) is 11.3 Å². The maximum Gasteiger partial charge on any atom is 0.136 e. The number of benzene rings is 1. The van der Waals surface area contributed by atoms with E-state index >= 15 is 0 Å². The number of furan rings is 1. The summed E-state index contributed by atoms with van der Waals surface area (Å²) in [5, 5.41) is 1.10. The van der Waals surface area contributed by atoms with Crippen LogP contribution in [0, 0.1) is 0 Å². The molecule has 0 aliphatic carbocycles. The Hall–Kier alpha value is -1.87. The zero-order chi connectivity index (χ0) is 11.5. The third kappa shape index (κ3) is 2.15. The molecule has 17 heavy (non-hydrogen) atoms. The molecular weight excluding hydrogens is 230 g/mol. The maximum atomic E-state index is 5.42. The first-order valence-corrected chi connectivity index (χ1v) is 6.19. The molecule has 0 spiro atoms. The first-order valence-electron chi connectivity index (χ1n) is 5.37. The Kier molecular flexibility index (Phi) is 2.76. The lowest BCUT2D eigenvalue weighted by Crippen LogP contribution is -1.76. The molecule has 2 nitrogen and oxygen atoms in total. The van der Waals surface area contributed by atoms with Gasteiger partial charge in [-0.15, -0.1) is 0 Å². The molecule has 2 heterocycles. The highest BCUT2D eigenvalue weighted by atomic mass is 32.2. The van der Waals surface area contributed by atoms with E-state index in [-0.39, 0.29) is 0 Å². The van der Waals surface area contributed by atoms with Crippen LogP contribution in [0.3, 0.4) is 0 Å². The van der Waals surface area contributed by atoms with E-state index in [4.69, 9.17) is 4.42 Å². The molecule has 84 valence electrons. The lowest BCUT2D eigenvalue weighted by molar-refractivity contribution is 0.581. The fourth-order valence-electron chi connectivity index (χ4n) is 1.67. The van der Waals surface area contributed by atoms with Gasteiger partial charge in [-0.25, -0.2) is 0 Å². The van der Waals surface area contributed by atoms with Gasteiger partial charge in [0.1, 0.15) is 5.76 Å². The van der Waals surface area contributed by atoms with Crippen LogP contribution in [0.1, 0.15) is 0 Å².